The van der Waals surface area contributed by atoms with Crippen LogP contribution in [0, 0.1) is 5.82 Å². The number of carbonyl (C=O) groups excluding carboxylic acids is 3. The molecule has 0 aliphatic rings. The molecule has 0 heterocycles. The average Bonchev–Trinajstić information content (AvgIpc) is 2.91. The van der Waals surface area contributed by atoms with Gasteiger partial charge in [-0.3, -0.25) is 9.59 Å². The van der Waals surface area contributed by atoms with Crippen LogP contribution in [0.15, 0.2) is 72.8 Å². The lowest BCUT2D eigenvalue weighted by atomic mass is 10.0. The monoisotopic (exact) mass is 519 g/mol. The van der Waals surface area contributed by atoms with E-state index in [0.29, 0.717) is 23.7 Å². The molecule has 7 heteroatoms. The Balaban J connectivity index is 1.51. The number of hydrogen-bond acceptors (Lipinski definition) is 5. The number of hydrogen-bond donors (Lipinski definition) is 1. The van der Waals surface area contributed by atoms with Crippen LogP contribution in [0.25, 0.3) is 0 Å². The molecule has 0 radical (unpaired) electrons. The number of unbranched alkanes of at least 4 members (excludes halogenated alkanes) is 4. The molecule has 0 saturated heterocycles. The van der Waals surface area contributed by atoms with Gasteiger partial charge >= 0.3 is 5.97 Å². The predicted octanol–water partition coefficient (Wildman–Crippen LogP) is 6.32. The van der Waals surface area contributed by atoms with E-state index in [4.69, 9.17) is 9.47 Å². The number of halogens is 1. The zero-order valence-corrected chi connectivity index (χ0v) is 21.9. The normalized spacial score (nSPS) is 11.4. The molecule has 6 nitrogen and oxygen atoms in total. The summed E-state index contributed by atoms with van der Waals surface area (Å²) in [5, 5.41) is 2.59. The number of esters is 1. The van der Waals surface area contributed by atoms with E-state index < -0.39 is 23.7 Å². The highest BCUT2D eigenvalue weighted by atomic mass is 19.1. The van der Waals surface area contributed by atoms with Crippen molar-refractivity contribution >= 4 is 17.7 Å². The van der Waals surface area contributed by atoms with Crippen molar-refractivity contribution in [2.45, 2.75) is 58.4 Å². The number of ketones is 1. The van der Waals surface area contributed by atoms with E-state index in [2.05, 4.69) is 12.2 Å². The van der Waals surface area contributed by atoms with Crippen LogP contribution in [0.1, 0.15) is 72.2 Å². The molecule has 3 rings (SSSR count). The molecular weight excluding hydrogens is 485 g/mol. The Morgan fingerprint density at radius 1 is 0.842 bits per heavy atom. The van der Waals surface area contributed by atoms with Crippen molar-refractivity contribution in [1.82, 2.24) is 5.32 Å². The van der Waals surface area contributed by atoms with Crippen molar-refractivity contribution < 1.29 is 28.2 Å². The van der Waals surface area contributed by atoms with Crippen molar-refractivity contribution in [3.8, 4) is 11.5 Å². The highest BCUT2D eigenvalue weighted by molar-refractivity contribution is 5.97. The molecule has 0 bridgehead atoms. The summed E-state index contributed by atoms with van der Waals surface area (Å²) < 4.78 is 25.1. The molecule has 0 aliphatic heterocycles. The molecule has 0 saturated carbocycles. The molecule has 3 aromatic rings. The molecule has 1 N–H and O–H groups in total. The highest BCUT2D eigenvalue weighted by Crippen LogP contribution is 2.18. The number of Topliss-reactive ketones (excluding diaryl/α,β-unsaturated/α-hetero) is 1. The first kappa shape index (κ1) is 28.6. The second-order valence-corrected chi connectivity index (χ2v) is 9.14. The van der Waals surface area contributed by atoms with Crippen LogP contribution in [0.2, 0.25) is 0 Å². The van der Waals surface area contributed by atoms with Crippen LogP contribution in [0.3, 0.4) is 0 Å². The van der Waals surface area contributed by atoms with Gasteiger partial charge in [0.1, 0.15) is 17.3 Å². The summed E-state index contributed by atoms with van der Waals surface area (Å²) in [5.74, 6) is -1.00. The lowest BCUT2D eigenvalue weighted by Crippen LogP contribution is -2.41. The van der Waals surface area contributed by atoms with E-state index in [1.807, 2.05) is 0 Å². The van der Waals surface area contributed by atoms with Crippen LogP contribution in [-0.2, 0) is 11.2 Å². The number of rotatable bonds is 14. The third-order valence-electron chi connectivity index (χ3n) is 6.09. The van der Waals surface area contributed by atoms with Crippen LogP contribution >= 0.6 is 0 Å². The predicted molar refractivity (Wildman–Crippen MR) is 144 cm³/mol. The van der Waals surface area contributed by atoms with Crippen molar-refractivity contribution in [3.05, 3.63) is 95.3 Å². The minimum absolute atomic E-state index is 0.122. The zero-order valence-electron chi connectivity index (χ0n) is 21.9. The van der Waals surface area contributed by atoms with Crippen molar-refractivity contribution in [1.29, 1.82) is 0 Å². The van der Waals surface area contributed by atoms with Crippen molar-refractivity contribution in [2.24, 2.45) is 0 Å². The first-order valence-electron chi connectivity index (χ1n) is 13.0. The van der Waals surface area contributed by atoms with E-state index >= 15 is 0 Å². The van der Waals surface area contributed by atoms with Gasteiger partial charge < -0.3 is 14.8 Å². The van der Waals surface area contributed by atoms with Gasteiger partial charge in [-0.1, -0.05) is 56.9 Å². The van der Waals surface area contributed by atoms with Gasteiger partial charge in [-0.05, 0) is 73.9 Å². The van der Waals surface area contributed by atoms with E-state index in [9.17, 15) is 18.8 Å². The third kappa shape index (κ3) is 8.83. The molecule has 0 fully saturated rings. The van der Waals surface area contributed by atoms with Gasteiger partial charge in [-0.25, -0.2) is 9.18 Å². The fraction of sp³-hybridized carbons (Fsp3) is 0.323. The number of carbonyl (C=O) groups is 3. The summed E-state index contributed by atoms with van der Waals surface area (Å²) in [4.78, 5) is 37.1. The van der Waals surface area contributed by atoms with E-state index in [1.54, 1.807) is 54.6 Å². The molecule has 3 aromatic carbocycles. The molecule has 0 unspecified atom stereocenters. The number of ether oxygens (including phenoxy) is 2. The molecule has 0 aromatic heterocycles. The summed E-state index contributed by atoms with van der Waals surface area (Å²) in [6.45, 7) is 4.20. The molecule has 0 aliphatic carbocycles. The van der Waals surface area contributed by atoms with Crippen LogP contribution < -0.4 is 14.8 Å². The Kier molecular flexibility index (Phi) is 11.0. The maximum atomic E-state index is 13.9. The minimum atomic E-state index is -0.826. The molecule has 1 amide bonds. The maximum absolute atomic E-state index is 13.9. The lowest BCUT2D eigenvalue weighted by Gasteiger charge is -2.16. The average molecular weight is 520 g/mol. The highest BCUT2D eigenvalue weighted by Gasteiger charge is 2.20. The summed E-state index contributed by atoms with van der Waals surface area (Å²) in [5.41, 5.74) is 1.02. The Morgan fingerprint density at radius 3 is 2.16 bits per heavy atom. The second-order valence-electron chi connectivity index (χ2n) is 9.14. The Morgan fingerprint density at radius 2 is 1.50 bits per heavy atom. The number of benzene rings is 3. The quantitative estimate of drug-likeness (QED) is 0.153. The summed E-state index contributed by atoms with van der Waals surface area (Å²) in [7, 11) is 0. The lowest BCUT2D eigenvalue weighted by molar-refractivity contribution is -0.118. The summed E-state index contributed by atoms with van der Waals surface area (Å²) >= 11 is 0. The Bertz CT molecular complexity index is 1210. The molecular formula is C31H34FNO5. The smallest absolute Gasteiger partial charge is 0.343 e. The Hall–Kier alpha value is -4.00. The van der Waals surface area contributed by atoms with Crippen molar-refractivity contribution in [3.63, 3.8) is 0 Å². The van der Waals surface area contributed by atoms with Crippen LogP contribution in [0.4, 0.5) is 4.39 Å². The SMILES string of the molecule is CCCCCCCOc1ccc(C(=O)Oc2ccc(C[C@H](NC(=O)c3ccccc3F)C(C)=O)cc2)cc1. The van der Waals surface area contributed by atoms with Crippen LogP contribution in [-0.4, -0.2) is 30.3 Å². The van der Waals surface area contributed by atoms with Gasteiger partial charge in [0.05, 0.1) is 23.8 Å². The molecule has 38 heavy (non-hydrogen) atoms. The van der Waals surface area contributed by atoms with E-state index in [1.165, 1.54) is 44.4 Å². The van der Waals surface area contributed by atoms with Crippen LogP contribution in [0.5, 0.6) is 11.5 Å². The third-order valence-corrected chi connectivity index (χ3v) is 6.09. The fourth-order valence-electron chi connectivity index (χ4n) is 3.86. The standard InChI is InChI=1S/C31H34FNO5/c1-3-4-5-6-9-20-37-25-18-14-24(15-19-25)31(36)38-26-16-12-23(13-17-26)21-29(22(2)34)33-30(35)27-10-7-8-11-28(27)32/h7-8,10-19,29H,3-6,9,20-21H2,1-2H3,(H,33,35)/t29-/m0/s1. The van der Waals surface area contributed by atoms with E-state index in [-0.39, 0.29) is 17.8 Å². The topological polar surface area (TPSA) is 81.7 Å². The fourth-order valence-corrected chi connectivity index (χ4v) is 3.86. The van der Waals surface area contributed by atoms with Gasteiger partial charge in [0.25, 0.3) is 5.91 Å². The van der Waals surface area contributed by atoms with Gasteiger partial charge in [-0.15, -0.1) is 0 Å². The largest absolute Gasteiger partial charge is 0.494 e. The maximum Gasteiger partial charge on any atom is 0.343 e. The molecule has 0 spiro atoms. The van der Waals surface area contributed by atoms with Gasteiger partial charge in [-0.2, -0.15) is 0 Å². The van der Waals surface area contributed by atoms with Gasteiger partial charge in [0.15, 0.2) is 5.78 Å². The van der Waals surface area contributed by atoms with E-state index in [0.717, 1.165) is 18.4 Å². The summed E-state index contributed by atoms with van der Waals surface area (Å²) in [6.07, 6.45) is 6.03. The minimum Gasteiger partial charge on any atom is -0.494 e. The van der Waals surface area contributed by atoms with Gasteiger partial charge in [0.2, 0.25) is 0 Å². The first-order valence-corrected chi connectivity index (χ1v) is 13.0. The molecule has 200 valence electrons. The number of nitrogens with one attached hydrogen (secondary N) is 1. The second kappa shape index (κ2) is 14.7. The first-order chi connectivity index (χ1) is 18.4. The van der Waals surface area contributed by atoms with Crippen molar-refractivity contribution in [2.75, 3.05) is 6.61 Å². The van der Waals surface area contributed by atoms with Gasteiger partial charge in [0, 0.05) is 0 Å². The summed E-state index contributed by atoms with van der Waals surface area (Å²) in [6, 6.07) is 18.3. The zero-order chi connectivity index (χ0) is 27.3. The molecule has 1 atom stereocenters. The number of amides is 1. The Labute approximate surface area is 223 Å².